The Morgan fingerprint density at radius 1 is 1.11 bits per heavy atom. The topological polar surface area (TPSA) is 111 Å². The van der Waals surface area contributed by atoms with Gasteiger partial charge in [0.25, 0.3) is 0 Å². The zero-order chi connectivity index (χ0) is 13.3. The van der Waals surface area contributed by atoms with Gasteiger partial charge in [-0.05, 0) is 12.1 Å². The second-order valence-electron chi connectivity index (χ2n) is 3.44. The Bertz CT molecular complexity index is 570. The molecule has 1 heterocycles. The number of carboxylic acid groups (broad SMARTS) is 2. The maximum absolute atomic E-state index is 11.0. The lowest BCUT2D eigenvalue weighted by atomic mass is 10.0. The molecule has 1 aromatic carbocycles. The zero-order valence-electron chi connectivity index (χ0n) is 8.82. The van der Waals surface area contributed by atoms with Crippen LogP contribution in [0.3, 0.4) is 0 Å². The van der Waals surface area contributed by atoms with Crippen molar-refractivity contribution in [2.75, 3.05) is 0 Å². The van der Waals surface area contributed by atoms with E-state index in [0.717, 1.165) is 6.07 Å². The highest BCUT2D eigenvalue weighted by atomic mass is 35.5. The standard InChI is InChI=1S/C10H8ClN3O4/c11-7-2-5(10(17)18)4(9(15)16)1-6(7)8-3-12-14-13-8/h1-3,12-14H,(H,15,16)(H,17,18). The van der Waals surface area contributed by atoms with E-state index in [1.165, 1.54) is 12.3 Å². The summed E-state index contributed by atoms with van der Waals surface area (Å²) < 4.78 is 0. The summed E-state index contributed by atoms with van der Waals surface area (Å²) in [4.78, 5) is 22.0. The summed E-state index contributed by atoms with van der Waals surface area (Å²) in [6.45, 7) is 0. The quantitative estimate of drug-likeness (QED) is 0.548. The predicted molar refractivity (Wildman–Crippen MR) is 62.8 cm³/mol. The molecule has 0 radical (unpaired) electrons. The van der Waals surface area contributed by atoms with Crippen LogP contribution in [0.5, 0.6) is 0 Å². The van der Waals surface area contributed by atoms with Gasteiger partial charge in [-0.2, -0.15) is 5.53 Å². The molecule has 0 saturated heterocycles. The highest BCUT2D eigenvalue weighted by Crippen LogP contribution is 2.27. The molecule has 0 spiro atoms. The Morgan fingerprint density at radius 2 is 1.72 bits per heavy atom. The predicted octanol–water partition coefficient (Wildman–Crippen LogP) is 0.647. The summed E-state index contributed by atoms with van der Waals surface area (Å²) in [6.07, 6.45) is 1.54. The lowest BCUT2D eigenvalue weighted by molar-refractivity contribution is 0.0651. The number of carbonyl (C=O) groups is 2. The normalized spacial score (nSPS) is 13.5. The molecule has 0 aliphatic carbocycles. The van der Waals surface area contributed by atoms with Crippen molar-refractivity contribution < 1.29 is 19.8 Å². The lowest BCUT2D eigenvalue weighted by Crippen LogP contribution is -2.31. The molecule has 18 heavy (non-hydrogen) atoms. The second-order valence-corrected chi connectivity index (χ2v) is 3.85. The lowest BCUT2D eigenvalue weighted by Gasteiger charge is -2.09. The summed E-state index contributed by atoms with van der Waals surface area (Å²) in [7, 11) is 0. The van der Waals surface area contributed by atoms with Gasteiger partial charge >= 0.3 is 11.9 Å². The molecule has 0 saturated carbocycles. The Morgan fingerprint density at radius 3 is 2.22 bits per heavy atom. The molecule has 1 aliphatic rings. The van der Waals surface area contributed by atoms with Crippen molar-refractivity contribution in [3.63, 3.8) is 0 Å². The molecule has 8 heteroatoms. The van der Waals surface area contributed by atoms with Crippen molar-refractivity contribution in [3.8, 4) is 0 Å². The van der Waals surface area contributed by atoms with E-state index in [-0.39, 0.29) is 16.1 Å². The Labute approximate surface area is 106 Å². The largest absolute Gasteiger partial charge is 0.478 e. The number of hydrogen-bond donors (Lipinski definition) is 5. The molecule has 2 rings (SSSR count). The van der Waals surface area contributed by atoms with Crippen molar-refractivity contribution in [2.24, 2.45) is 0 Å². The van der Waals surface area contributed by atoms with Crippen LogP contribution >= 0.6 is 11.6 Å². The van der Waals surface area contributed by atoms with E-state index in [4.69, 9.17) is 21.8 Å². The summed E-state index contributed by atoms with van der Waals surface area (Å²) in [5.41, 5.74) is 8.14. The van der Waals surface area contributed by atoms with E-state index in [2.05, 4.69) is 16.4 Å². The molecule has 7 nitrogen and oxygen atoms in total. The Kier molecular flexibility index (Phi) is 3.09. The summed E-state index contributed by atoms with van der Waals surface area (Å²) in [6, 6.07) is 2.32. The van der Waals surface area contributed by atoms with E-state index in [1.54, 1.807) is 0 Å². The number of carboxylic acids is 2. The minimum absolute atomic E-state index is 0.140. The Balaban J connectivity index is 2.60. The van der Waals surface area contributed by atoms with Crippen molar-refractivity contribution in [3.05, 3.63) is 40.0 Å². The first-order valence-electron chi connectivity index (χ1n) is 4.78. The number of hydrazine groups is 2. The third-order valence-corrected chi connectivity index (χ3v) is 2.66. The first kappa shape index (κ1) is 12.2. The van der Waals surface area contributed by atoms with E-state index in [9.17, 15) is 9.59 Å². The fourth-order valence-corrected chi connectivity index (χ4v) is 1.79. The minimum Gasteiger partial charge on any atom is -0.478 e. The first-order chi connectivity index (χ1) is 8.50. The van der Waals surface area contributed by atoms with Gasteiger partial charge in [-0.25, -0.2) is 9.59 Å². The molecular weight excluding hydrogens is 262 g/mol. The zero-order valence-corrected chi connectivity index (χ0v) is 9.58. The monoisotopic (exact) mass is 269 g/mol. The molecule has 0 atom stereocenters. The van der Waals surface area contributed by atoms with Gasteiger partial charge in [0.1, 0.15) is 0 Å². The number of benzene rings is 1. The van der Waals surface area contributed by atoms with Crippen LogP contribution in [0.15, 0.2) is 18.3 Å². The molecule has 0 bridgehead atoms. The molecule has 1 aliphatic heterocycles. The van der Waals surface area contributed by atoms with Crippen LogP contribution in [0.2, 0.25) is 5.02 Å². The van der Waals surface area contributed by atoms with E-state index >= 15 is 0 Å². The SMILES string of the molecule is O=C(O)c1cc(Cl)c(C2=CNNN2)cc1C(=O)O. The van der Waals surface area contributed by atoms with Gasteiger partial charge < -0.3 is 21.1 Å². The van der Waals surface area contributed by atoms with Crippen LogP contribution in [-0.4, -0.2) is 22.2 Å². The van der Waals surface area contributed by atoms with Gasteiger partial charge in [-0.1, -0.05) is 11.6 Å². The summed E-state index contributed by atoms with van der Waals surface area (Å²) in [5.74, 6) is -2.67. The maximum Gasteiger partial charge on any atom is 0.336 e. The fourth-order valence-electron chi connectivity index (χ4n) is 1.53. The van der Waals surface area contributed by atoms with Crippen LogP contribution in [0, 0.1) is 0 Å². The molecule has 1 aromatic rings. The molecule has 0 unspecified atom stereocenters. The van der Waals surface area contributed by atoms with Gasteiger partial charge in [-0.15, -0.1) is 0 Å². The highest BCUT2D eigenvalue weighted by molar-refractivity contribution is 6.33. The third-order valence-electron chi connectivity index (χ3n) is 2.34. The number of rotatable bonds is 3. The van der Waals surface area contributed by atoms with Crippen LogP contribution in [0.25, 0.3) is 5.70 Å². The van der Waals surface area contributed by atoms with Gasteiger partial charge in [0.2, 0.25) is 0 Å². The van der Waals surface area contributed by atoms with Crippen LogP contribution < -0.4 is 16.4 Å². The van der Waals surface area contributed by atoms with Crippen LogP contribution in [-0.2, 0) is 0 Å². The smallest absolute Gasteiger partial charge is 0.336 e. The van der Waals surface area contributed by atoms with Crippen molar-refractivity contribution in [1.29, 1.82) is 0 Å². The van der Waals surface area contributed by atoms with Crippen molar-refractivity contribution >= 4 is 29.2 Å². The number of nitrogens with one attached hydrogen (secondary N) is 3. The summed E-state index contributed by atoms with van der Waals surface area (Å²) >= 11 is 5.94. The van der Waals surface area contributed by atoms with E-state index < -0.39 is 11.9 Å². The van der Waals surface area contributed by atoms with Gasteiger partial charge in [0, 0.05) is 11.8 Å². The third kappa shape index (κ3) is 2.08. The van der Waals surface area contributed by atoms with E-state index in [1.807, 2.05) is 0 Å². The number of aromatic carboxylic acids is 2. The maximum atomic E-state index is 11.0. The minimum atomic E-state index is -1.34. The highest BCUT2D eigenvalue weighted by Gasteiger charge is 2.21. The molecule has 0 fully saturated rings. The molecule has 94 valence electrons. The molecule has 0 amide bonds. The Hall–Kier alpha value is -2.25. The number of halogens is 1. The average molecular weight is 270 g/mol. The number of hydrogen-bond acceptors (Lipinski definition) is 5. The molecule has 0 aromatic heterocycles. The average Bonchev–Trinajstić information content (AvgIpc) is 2.81. The van der Waals surface area contributed by atoms with Gasteiger partial charge in [0.15, 0.2) is 0 Å². The van der Waals surface area contributed by atoms with Crippen molar-refractivity contribution in [2.45, 2.75) is 0 Å². The fraction of sp³-hybridized carbons (Fsp3) is 0. The molecular formula is C10H8ClN3O4. The first-order valence-corrected chi connectivity index (χ1v) is 5.15. The van der Waals surface area contributed by atoms with Crippen LogP contribution in [0.1, 0.15) is 26.3 Å². The van der Waals surface area contributed by atoms with Gasteiger partial charge in [-0.3, -0.25) is 0 Å². The van der Waals surface area contributed by atoms with Crippen LogP contribution in [0.4, 0.5) is 0 Å². The van der Waals surface area contributed by atoms with Gasteiger partial charge in [0.05, 0.1) is 21.8 Å². The van der Waals surface area contributed by atoms with Crippen molar-refractivity contribution in [1.82, 2.24) is 16.4 Å². The molecule has 5 N–H and O–H groups in total. The summed E-state index contributed by atoms with van der Waals surface area (Å²) in [5, 5.41) is 18.1. The second kappa shape index (κ2) is 4.55. The van der Waals surface area contributed by atoms with E-state index in [0.29, 0.717) is 11.3 Å².